The molecule has 0 radical (unpaired) electrons. The lowest BCUT2D eigenvalue weighted by Crippen LogP contribution is -2.21. The highest BCUT2D eigenvalue weighted by Crippen LogP contribution is 2.25. The molecule has 9 nitrogen and oxygen atoms in total. The van der Waals surface area contributed by atoms with E-state index in [9.17, 15) is 24.1 Å². The predicted octanol–water partition coefficient (Wildman–Crippen LogP) is 2.59. The summed E-state index contributed by atoms with van der Waals surface area (Å²) in [6.07, 6.45) is 0. The maximum absolute atomic E-state index is 13.5. The molecule has 148 valence electrons. The van der Waals surface area contributed by atoms with E-state index in [1.807, 2.05) is 0 Å². The number of carbonyl (C=O) groups excluding carboxylic acids is 2. The van der Waals surface area contributed by atoms with Crippen molar-refractivity contribution in [2.75, 3.05) is 37.5 Å². The molecule has 2 aromatic rings. The van der Waals surface area contributed by atoms with Crippen LogP contribution >= 0.6 is 0 Å². The lowest BCUT2D eigenvalue weighted by Gasteiger charge is -2.09. The Labute approximate surface area is 159 Å². The SMILES string of the molecule is COCCNc1ccc(C(=O)OCC(=O)Nc2ccccc2F)cc1[N+](=O)[O-]. The van der Waals surface area contributed by atoms with Gasteiger partial charge in [0.05, 0.1) is 22.8 Å². The van der Waals surface area contributed by atoms with Crippen molar-refractivity contribution in [2.45, 2.75) is 0 Å². The monoisotopic (exact) mass is 391 g/mol. The van der Waals surface area contributed by atoms with Crippen LogP contribution in [0, 0.1) is 15.9 Å². The highest BCUT2D eigenvalue weighted by molar-refractivity contribution is 5.96. The highest BCUT2D eigenvalue weighted by atomic mass is 19.1. The van der Waals surface area contributed by atoms with Gasteiger partial charge in [0.2, 0.25) is 0 Å². The second-order valence-electron chi connectivity index (χ2n) is 5.51. The first-order valence-electron chi connectivity index (χ1n) is 8.15. The maximum Gasteiger partial charge on any atom is 0.338 e. The number of ether oxygens (including phenoxy) is 2. The minimum Gasteiger partial charge on any atom is -0.452 e. The Morgan fingerprint density at radius 3 is 2.61 bits per heavy atom. The van der Waals surface area contributed by atoms with Crippen molar-refractivity contribution in [1.29, 1.82) is 0 Å². The molecule has 2 rings (SSSR count). The predicted molar refractivity (Wildman–Crippen MR) is 98.8 cm³/mol. The molecule has 0 bridgehead atoms. The number of benzene rings is 2. The molecular formula is C18H18FN3O6. The summed E-state index contributed by atoms with van der Waals surface area (Å²) < 4.78 is 23.2. The number of hydrogen-bond donors (Lipinski definition) is 2. The van der Waals surface area contributed by atoms with Crippen LogP contribution in [0.4, 0.5) is 21.5 Å². The van der Waals surface area contributed by atoms with Crippen LogP contribution in [0.1, 0.15) is 10.4 Å². The third-order valence-electron chi connectivity index (χ3n) is 3.53. The largest absolute Gasteiger partial charge is 0.452 e. The molecule has 10 heteroatoms. The number of nitrogens with one attached hydrogen (secondary N) is 2. The standard InChI is InChI=1S/C18H18FN3O6/c1-27-9-8-20-15-7-6-12(10-16(15)22(25)26)18(24)28-11-17(23)21-14-5-3-2-4-13(14)19/h2-7,10,20H,8-9,11H2,1H3,(H,21,23). The third-order valence-corrected chi connectivity index (χ3v) is 3.53. The summed E-state index contributed by atoms with van der Waals surface area (Å²) in [4.78, 5) is 34.4. The number of esters is 1. The van der Waals surface area contributed by atoms with Gasteiger partial charge >= 0.3 is 5.97 Å². The molecule has 2 aromatic carbocycles. The van der Waals surface area contributed by atoms with Crippen molar-refractivity contribution in [3.05, 3.63) is 64.0 Å². The van der Waals surface area contributed by atoms with Gasteiger partial charge in [-0.05, 0) is 24.3 Å². The van der Waals surface area contributed by atoms with Gasteiger partial charge in [0.15, 0.2) is 6.61 Å². The van der Waals surface area contributed by atoms with Crippen molar-refractivity contribution in [1.82, 2.24) is 0 Å². The summed E-state index contributed by atoms with van der Waals surface area (Å²) in [5.74, 6) is -2.30. The van der Waals surface area contributed by atoms with E-state index in [0.29, 0.717) is 13.2 Å². The van der Waals surface area contributed by atoms with E-state index in [0.717, 1.165) is 6.07 Å². The van der Waals surface area contributed by atoms with Gasteiger partial charge in [-0.1, -0.05) is 12.1 Å². The number of rotatable bonds is 9. The van der Waals surface area contributed by atoms with E-state index in [4.69, 9.17) is 9.47 Å². The second-order valence-corrected chi connectivity index (χ2v) is 5.51. The number of nitrogens with zero attached hydrogens (tertiary/aromatic N) is 1. The average Bonchev–Trinajstić information content (AvgIpc) is 2.68. The number of nitro groups is 1. The molecule has 0 aliphatic heterocycles. The summed E-state index contributed by atoms with van der Waals surface area (Å²) >= 11 is 0. The Morgan fingerprint density at radius 2 is 1.93 bits per heavy atom. The summed E-state index contributed by atoms with van der Waals surface area (Å²) in [6, 6.07) is 9.27. The van der Waals surface area contributed by atoms with E-state index in [-0.39, 0.29) is 22.6 Å². The number of hydrogen-bond acceptors (Lipinski definition) is 7. The van der Waals surface area contributed by atoms with Crippen molar-refractivity contribution < 1.29 is 28.4 Å². The Morgan fingerprint density at radius 1 is 1.18 bits per heavy atom. The van der Waals surface area contributed by atoms with E-state index < -0.39 is 29.2 Å². The fourth-order valence-corrected chi connectivity index (χ4v) is 2.21. The molecule has 0 spiro atoms. The first-order valence-corrected chi connectivity index (χ1v) is 8.15. The summed E-state index contributed by atoms with van der Waals surface area (Å²) in [6.45, 7) is 0.0181. The molecule has 2 N–H and O–H groups in total. The molecule has 0 unspecified atom stereocenters. The summed E-state index contributed by atoms with van der Waals surface area (Å²) in [7, 11) is 1.50. The van der Waals surface area contributed by atoms with Crippen LogP contribution in [-0.2, 0) is 14.3 Å². The van der Waals surface area contributed by atoms with Crippen LogP contribution in [0.3, 0.4) is 0 Å². The van der Waals surface area contributed by atoms with Gasteiger partial charge in [0, 0.05) is 19.7 Å². The second kappa shape index (κ2) is 9.97. The zero-order valence-electron chi connectivity index (χ0n) is 14.9. The number of nitro benzene ring substituents is 1. The number of anilines is 2. The van der Waals surface area contributed by atoms with Gasteiger partial charge in [-0.3, -0.25) is 14.9 Å². The molecule has 28 heavy (non-hydrogen) atoms. The van der Waals surface area contributed by atoms with E-state index >= 15 is 0 Å². The lowest BCUT2D eigenvalue weighted by molar-refractivity contribution is -0.384. The Hall–Kier alpha value is -3.53. The van der Waals surface area contributed by atoms with Gasteiger partial charge < -0.3 is 20.1 Å². The van der Waals surface area contributed by atoms with Crippen LogP contribution in [-0.4, -0.2) is 43.7 Å². The summed E-state index contributed by atoms with van der Waals surface area (Å²) in [5.41, 5.74) is -0.245. The van der Waals surface area contributed by atoms with Gasteiger partial charge in [-0.15, -0.1) is 0 Å². The smallest absolute Gasteiger partial charge is 0.338 e. The van der Waals surface area contributed by atoms with Crippen molar-refractivity contribution >= 4 is 28.9 Å². The molecule has 0 fully saturated rings. The Bertz CT molecular complexity index is 874. The Kier molecular flexibility index (Phi) is 7.40. The fraction of sp³-hybridized carbons (Fsp3) is 0.222. The van der Waals surface area contributed by atoms with Crippen molar-refractivity contribution in [3.8, 4) is 0 Å². The number of amides is 1. The molecule has 1 amide bonds. The van der Waals surface area contributed by atoms with Crippen LogP contribution in [0.15, 0.2) is 42.5 Å². The first kappa shape index (κ1) is 20.8. The van der Waals surface area contributed by atoms with E-state index in [1.54, 1.807) is 0 Å². The molecular weight excluding hydrogens is 373 g/mol. The van der Waals surface area contributed by atoms with Crippen molar-refractivity contribution in [3.63, 3.8) is 0 Å². The normalized spacial score (nSPS) is 10.2. The molecule has 0 heterocycles. The number of carbonyl (C=O) groups is 2. The van der Waals surface area contributed by atoms with Crippen LogP contribution in [0.5, 0.6) is 0 Å². The van der Waals surface area contributed by atoms with Gasteiger partial charge in [-0.2, -0.15) is 0 Å². The van der Waals surface area contributed by atoms with Crippen LogP contribution in [0.25, 0.3) is 0 Å². The fourth-order valence-electron chi connectivity index (χ4n) is 2.21. The van der Waals surface area contributed by atoms with Gasteiger partial charge in [0.1, 0.15) is 11.5 Å². The van der Waals surface area contributed by atoms with E-state index in [1.165, 1.54) is 43.5 Å². The van der Waals surface area contributed by atoms with Crippen molar-refractivity contribution in [2.24, 2.45) is 0 Å². The topological polar surface area (TPSA) is 120 Å². The molecule has 0 atom stereocenters. The molecule has 0 saturated carbocycles. The number of methoxy groups -OCH3 is 1. The lowest BCUT2D eigenvalue weighted by atomic mass is 10.1. The Balaban J connectivity index is 1.99. The molecule has 0 aliphatic carbocycles. The third kappa shape index (κ3) is 5.74. The first-order chi connectivity index (χ1) is 13.4. The van der Waals surface area contributed by atoms with Crippen LogP contribution in [0.2, 0.25) is 0 Å². The molecule has 0 aliphatic rings. The quantitative estimate of drug-likeness (QED) is 0.292. The average molecular weight is 391 g/mol. The highest BCUT2D eigenvalue weighted by Gasteiger charge is 2.19. The zero-order chi connectivity index (χ0) is 20.5. The minimum atomic E-state index is -0.921. The minimum absolute atomic E-state index is 0.0503. The zero-order valence-corrected chi connectivity index (χ0v) is 14.9. The van der Waals surface area contributed by atoms with Gasteiger partial charge in [0.25, 0.3) is 11.6 Å². The maximum atomic E-state index is 13.5. The van der Waals surface area contributed by atoms with Crippen LogP contribution < -0.4 is 10.6 Å². The molecule has 0 saturated heterocycles. The number of para-hydroxylation sites is 1. The van der Waals surface area contributed by atoms with Gasteiger partial charge in [-0.25, -0.2) is 9.18 Å². The van der Waals surface area contributed by atoms with E-state index in [2.05, 4.69) is 10.6 Å². The number of halogens is 1. The summed E-state index contributed by atoms with van der Waals surface area (Å²) in [5, 5.41) is 16.3. The molecule has 0 aromatic heterocycles.